The zero-order valence-corrected chi connectivity index (χ0v) is 4.72. The molecule has 1 fully saturated rings. The lowest BCUT2D eigenvalue weighted by Crippen LogP contribution is -2.39. The van der Waals surface area contributed by atoms with Gasteiger partial charge in [-0.2, -0.15) is 0 Å². The van der Waals surface area contributed by atoms with Gasteiger partial charge in [0.1, 0.15) is 0 Å². The molecule has 1 rings (SSSR count). The van der Waals surface area contributed by atoms with Crippen molar-refractivity contribution in [2.24, 2.45) is 0 Å². The van der Waals surface area contributed by atoms with Crippen molar-refractivity contribution >= 4 is 12.4 Å². The van der Waals surface area contributed by atoms with Crippen LogP contribution < -0.4 is 5.32 Å². The molecule has 1 aliphatic rings. The van der Waals surface area contributed by atoms with Crippen LogP contribution in [0, 0.1) is 0 Å². The van der Waals surface area contributed by atoms with Gasteiger partial charge in [0.25, 0.3) is 0 Å². The molecule has 0 radical (unpaired) electrons. The van der Waals surface area contributed by atoms with Gasteiger partial charge in [-0.3, -0.25) is 0 Å². The Bertz CT molecular complexity index is 34.5. The van der Waals surface area contributed by atoms with E-state index >= 15 is 0 Å². The van der Waals surface area contributed by atoms with Gasteiger partial charge in [-0.15, -0.1) is 12.4 Å². The summed E-state index contributed by atoms with van der Waals surface area (Å²) in [5.74, 6) is 0. The smallest absolute Gasteiger partial charge is 0.00508 e. The van der Waals surface area contributed by atoms with E-state index in [0.29, 0.717) is 0 Å². The van der Waals surface area contributed by atoms with E-state index in [9.17, 15) is 0 Å². The van der Waals surface area contributed by atoms with Crippen LogP contribution in [0.25, 0.3) is 0 Å². The Morgan fingerprint density at radius 3 is 2.00 bits per heavy atom. The maximum atomic E-state index is 3.21. The van der Waals surface area contributed by atoms with Gasteiger partial charge in [0, 0.05) is 6.04 Å². The quantitative estimate of drug-likeness (QED) is 0.483. The maximum absolute atomic E-state index is 3.21. The molecular weight excluding hydrogens is 97.5 g/mol. The van der Waals surface area contributed by atoms with Crippen molar-refractivity contribution in [3.8, 4) is 0 Å². The zero-order chi connectivity index (χ0) is 3.70. The van der Waals surface area contributed by atoms with Crippen LogP contribution in [0.1, 0.15) is 13.3 Å². The summed E-state index contributed by atoms with van der Waals surface area (Å²) in [6.45, 7) is 3.44. The van der Waals surface area contributed by atoms with E-state index in [2.05, 4.69) is 12.2 Å². The fourth-order valence-electron chi connectivity index (χ4n) is 0.433. The molecule has 0 amide bonds. The van der Waals surface area contributed by atoms with E-state index in [1.807, 2.05) is 0 Å². The molecule has 1 saturated heterocycles. The lowest BCUT2D eigenvalue weighted by atomic mass is 10.1. The summed E-state index contributed by atoms with van der Waals surface area (Å²) in [4.78, 5) is 0. The molecule has 1 heterocycles. The maximum Gasteiger partial charge on any atom is 0.00508 e. The molecule has 6 heavy (non-hydrogen) atoms. The van der Waals surface area contributed by atoms with E-state index in [4.69, 9.17) is 0 Å². The standard InChI is InChI=1S/C4H9N.ClH/c1-4-2-3-5-4;/h4-5H,2-3H2,1H3;1H. The topological polar surface area (TPSA) is 12.0 Å². The number of hydrogen-bond donors (Lipinski definition) is 1. The third-order valence-corrected chi connectivity index (χ3v) is 1.07. The largest absolute Gasteiger partial charge is 0.314 e. The lowest BCUT2D eigenvalue weighted by Gasteiger charge is -2.22. The van der Waals surface area contributed by atoms with Crippen LogP contribution in [0.5, 0.6) is 0 Å². The first kappa shape index (κ1) is 6.25. The molecule has 0 saturated carbocycles. The number of halogens is 1. The van der Waals surface area contributed by atoms with Crippen molar-refractivity contribution in [1.29, 1.82) is 0 Å². The molecule has 1 nitrogen and oxygen atoms in total. The van der Waals surface area contributed by atoms with Crippen molar-refractivity contribution in [3.05, 3.63) is 0 Å². The van der Waals surface area contributed by atoms with Gasteiger partial charge in [0.05, 0.1) is 0 Å². The van der Waals surface area contributed by atoms with E-state index in [1.54, 1.807) is 0 Å². The van der Waals surface area contributed by atoms with Crippen molar-refractivity contribution in [2.45, 2.75) is 19.4 Å². The van der Waals surface area contributed by atoms with E-state index in [-0.39, 0.29) is 12.4 Å². The molecule has 1 aliphatic heterocycles. The first-order valence-electron chi connectivity index (χ1n) is 2.13. The number of hydrogen-bond acceptors (Lipinski definition) is 1. The van der Waals surface area contributed by atoms with E-state index < -0.39 is 0 Å². The second kappa shape index (κ2) is 2.43. The van der Waals surface area contributed by atoms with Gasteiger partial charge >= 0.3 is 0 Å². The molecule has 2 heteroatoms. The van der Waals surface area contributed by atoms with Crippen LogP contribution in [0.3, 0.4) is 0 Å². The van der Waals surface area contributed by atoms with E-state index in [1.165, 1.54) is 13.0 Å². The molecule has 0 spiro atoms. The summed E-state index contributed by atoms with van der Waals surface area (Å²) in [5, 5.41) is 3.21. The van der Waals surface area contributed by atoms with Gasteiger partial charge in [-0.1, -0.05) is 0 Å². The van der Waals surface area contributed by atoms with E-state index in [0.717, 1.165) is 6.04 Å². The Hall–Kier alpha value is 0.250. The molecule has 1 unspecified atom stereocenters. The first-order valence-corrected chi connectivity index (χ1v) is 2.13. The summed E-state index contributed by atoms with van der Waals surface area (Å²) in [6.07, 6.45) is 1.38. The van der Waals surface area contributed by atoms with Gasteiger partial charge in [-0.25, -0.2) is 0 Å². The monoisotopic (exact) mass is 107 g/mol. The highest BCUT2D eigenvalue weighted by molar-refractivity contribution is 5.85. The molecule has 0 aromatic heterocycles. The van der Waals surface area contributed by atoms with Crippen molar-refractivity contribution in [2.75, 3.05) is 6.54 Å². The van der Waals surface area contributed by atoms with Crippen LogP contribution >= 0.6 is 12.4 Å². The molecule has 0 bridgehead atoms. The molecule has 0 aliphatic carbocycles. The average Bonchev–Trinajstić information content (AvgIpc) is 1.30. The summed E-state index contributed by atoms with van der Waals surface area (Å²) >= 11 is 0. The number of rotatable bonds is 0. The summed E-state index contributed by atoms with van der Waals surface area (Å²) in [7, 11) is 0. The van der Waals surface area contributed by atoms with Crippen molar-refractivity contribution in [3.63, 3.8) is 0 Å². The van der Waals surface area contributed by atoms with Crippen LogP contribution in [-0.4, -0.2) is 12.6 Å². The highest BCUT2D eigenvalue weighted by Gasteiger charge is 2.07. The fourth-order valence-corrected chi connectivity index (χ4v) is 0.433. The third kappa shape index (κ3) is 1.15. The summed E-state index contributed by atoms with van der Waals surface area (Å²) < 4.78 is 0. The van der Waals surface area contributed by atoms with Crippen molar-refractivity contribution in [1.82, 2.24) is 5.32 Å². The minimum atomic E-state index is 0. The summed E-state index contributed by atoms with van der Waals surface area (Å²) in [6, 6.07) is 0.815. The van der Waals surface area contributed by atoms with Crippen LogP contribution in [0.4, 0.5) is 0 Å². The minimum absolute atomic E-state index is 0. The predicted molar refractivity (Wildman–Crippen MR) is 29.3 cm³/mol. The highest BCUT2D eigenvalue weighted by Crippen LogP contribution is 1.96. The molecule has 38 valence electrons. The molecule has 0 aromatic carbocycles. The van der Waals surface area contributed by atoms with Gasteiger partial charge in [0.15, 0.2) is 0 Å². The Kier molecular flexibility index (Phi) is 2.53. The van der Waals surface area contributed by atoms with Crippen LogP contribution in [0.2, 0.25) is 0 Å². The minimum Gasteiger partial charge on any atom is -0.314 e. The second-order valence-electron chi connectivity index (χ2n) is 1.64. The molecule has 0 aromatic rings. The number of nitrogens with one attached hydrogen (secondary N) is 1. The highest BCUT2D eigenvalue weighted by atomic mass is 35.5. The third-order valence-electron chi connectivity index (χ3n) is 1.07. The summed E-state index contributed by atoms with van der Waals surface area (Å²) in [5.41, 5.74) is 0. The van der Waals surface area contributed by atoms with Crippen LogP contribution in [-0.2, 0) is 0 Å². The SMILES string of the molecule is CC1CCN1.Cl. The predicted octanol–water partition coefficient (Wildman–Crippen LogP) is 0.790. The Balaban J connectivity index is 0.000000250. The Morgan fingerprint density at radius 2 is 2.00 bits per heavy atom. The normalized spacial score (nSPS) is 30.5. The van der Waals surface area contributed by atoms with Crippen LogP contribution in [0.15, 0.2) is 0 Å². The average molecular weight is 108 g/mol. The van der Waals surface area contributed by atoms with Gasteiger partial charge in [-0.05, 0) is 19.9 Å². The molecular formula is C4H10ClN. The lowest BCUT2D eigenvalue weighted by molar-refractivity contribution is 0.399. The van der Waals surface area contributed by atoms with Gasteiger partial charge in [0.2, 0.25) is 0 Å². The van der Waals surface area contributed by atoms with Crippen molar-refractivity contribution < 1.29 is 0 Å². The first-order chi connectivity index (χ1) is 2.39. The zero-order valence-electron chi connectivity index (χ0n) is 3.90. The molecule has 1 atom stereocenters. The fraction of sp³-hybridized carbons (Fsp3) is 1.00. The Labute approximate surface area is 44.5 Å². The molecule has 1 N–H and O–H groups in total. The second-order valence-corrected chi connectivity index (χ2v) is 1.64. The van der Waals surface area contributed by atoms with Gasteiger partial charge < -0.3 is 5.32 Å². The Morgan fingerprint density at radius 1 is 1.67 bits per heavy atom.